The van der Waals surface area contributed by atoms with E-state index in [1.54, 1.807) is 0 Å². The van der Waals surface area contributed by atoms with Crippen LogP contribution in [0.25, 0.3) is 0 Å². The molecular formula is C17H30O4. The second kappa shape index (κ2) is 5.98. The first-order chi connectivity index (χ1) is 9.43. The molecule has 0 bridgehead atoms. The van der Waals surface area contributed by atoms with Crippen molar-refractivity contribution in [1.29, 1.82) is 0 Å². The maximum Gasteiger partial charge on any atom is 0.347 e. The van der Waals surface area contributed by atoms with Crippen LogP contribution in [0.1, 0.15) is 67.7 Å². The maximum absolute atomic E-state index is 12.8. The van der Waals surface area contributed by atoms with Crippen LogP contribution in [0.5, 0.6) is 0 Å². The molecule has 1 fully saturated rings. The molecular weight excluding hydrogens is 268 g/mol. The summed E-state index contributed by atoms with van der Waals surface area (Å²) < 4.78 is 10.4. The minimum Gasteiger partial charge on any atom is -0.463 e. The SMILES string of the molecule is CCC(C)(C)C(C)(CC(C)(C)C)C(=O)OC1CCOC1=O. The van der Waals surface area contributed by atoms with Gasteiger partial charge in [-0.1, -0.05) is 41.5 Å². The molecule has 4 nitrogen and oxygen atoms in total. The van der Waals surface area contributed by atoms with E-state index in [0.717, 1.165) is 6.42 Å². The van der Waals surface area contributed by atoms with E-state index >= 15 is 0 Å². The summed E-state index contributed by atoms with van der Waals surface area (Å²) in [6, 6.07) is 0. The van der Waals surface area contributed by atoms with Crippen molar-refractivity contribution in [3.05, 3.63) is 0 Å². The number of hydrogen-bond acceptors (Lipinski definition) is 4. The summed E-state index contributed by atoms with van der Waals surface area (Å²) in [6.45, 7) is 14.9. The van der Waals surface area contributed by atoms with E-state index in [1.165, 1.54) is 0 Å². The van der Waals surface area contributed by atoms with Gasteiger partial charge in [0.15, 0.2) is 0 Å². The standard InChI is InChI=1S/C17H30O4/c1-8-16(5,6)17(7,11-15(2,3)4)14(19)21-12-9-10-20-13(12)18/h12H,8-11H2,1-7H3. The van der Waals surface area contributed by atoms with E-state index < -0.39 is 17.5 Å². The highest BCUT2D eigenvalue weighted by molar-refractivity contribution is 5.83. The molecule has 21 heavy (non-hydrogen) atoms. The Bertz CT molecular complexity index is 406. The fourth-order valence-corrected chi connectivity index (χ4v) is 2.88. The highest BCUT2D eigenvalue weighted by Crippen LogP contribution is 2.49. The van der Waals surface area contributed by atoms with Crippen molar-refractivity contribution in [1.82, 2.24) is 0 Å². The molecule has 1 aliphatic heterocycles. The van der Waals surface area contributed by atoms with Gasteiger partial charge in [0.2, 0.25) is 6.10 Å². The van der Waals surface area contributed by atoms with Gasteiger partial charge in [-0.2, -0.15) is 0 Å². The Balaban J connectivity index is 3.00. The zero-order valence-electron chi connectivity index (χ0n) is 14.5. The second-order valence-corrected chi connectivity index (χ2v) is 8.16. The lowest BCUT2D eigenvalue weighted by Gasteiger charge is -2.45. The van der Waals surface area contributed by atoms with Gasteiger partial charge in [-0.05, 0) is 30.6 Å². The molecule has 0 aromatic rings. The quantitative estimate of drug-likeness (QED) is 0.726. The van der Waals surface area contributed by atoms with Crippen LogP contribution in [0.4, 0.5) is 0 Å². The number of carbonyl (C=O) groups is 2. The van der Waals surface area contributed by atoms with E-state index in [-0.39, 0.29) is 16.8 Å². The molecule has 0 N–H and O–H groups in total. The topological polar surface area (TPSA) is 52.6 Å². The number of carbonyl (C=O) groups excluding carboxylic acids is 2. The van der Waals surface area contributed by atoms with Crippen LogP contribution < -0.4 is 0 Å². The Kier molecular flexibility index (Phi) is 5.12. The van der Waals surface area contributed by atoms with Crippen molar-refractivity contribution in [3.8, 4) is 0 Å². The number of cyclic esters (lactones) is 1. The summed E-state index contributed by atoms with van der Waals surface area (Å²) in [4.78, 5) is 24.4. The molecule has 0 amide bonds. The Morgan fingerprint density at radius 2 is 1.81 bits per heavy atom. The summed E-state index contributed by atoms with van der Waals surface area (Å²) in [5, 5.41) is 0. The first-order valence-corrected chi connectivity index (χ1v) is 7.81. The van der Waals surface area contributed by atoms with Crippen molar-refractivity contribution in [3.63, 3.8) is 0 Å². The van der Waals surface area contributed by atoms with Crippen LogP contribution in [-0.2, 0) is 19.1 Å². The summed E-state index contributed by atoms with van der Waals surface area (Å²) in [5.41, 5.74) is -0.848. The first-order valence-electron chi connectivity index (χ1n) is 7.81. The van der Waals surface area contributed by atoms with E-state index in [2.05, 4.69) is 41.5 Å². The second-order valence-electron chi connectivity index (χ2n) is 8.16. The van der Waals surface area contributed by atoms with Gasteiger partial charge in [0.05, 0.1) is 12.0 Å². The predicted molar refractivity (Wildman–Crippen MR) is 81.7 cm³/mol. The number of ether oxygens (including phenoxy) is 2. The molecule has 0 spiro atoms. The van der Waals surface area contributed by atoms with Crippen molar-refractivity contribution in [2.24, 2.45) is 16.2 Å². The molecule has 122 valence electrons. The monoisotopic (exact) mass is 298 g/mol. The molecule has 1 aliphatic rings. The summed E-state index contributed by atoms with van der Waals surface area (Å²) in [6.07, 6.45) is 1.30. The highest BCUT2D eigenvalue weighted by Gasteiger charge is 2.50. The van der Waals surface area contributed by atoms with Crippen LogP contribution >= 0.6 is 0 Å². The Morgan fingerprint density at radius 3 is 2.19 bits per heavy atom. The normalized spacial score (nSPS) is 22.6. The Labute approximate surface area is 128 Å². The van der Waals surface area contributed by atoms with Gasteiger partial charge in [0, 0.05) is 6.42 Å². The third-order valence-electron chi connectivity index (χ3n) is 4.85. The van der Waals surface area contributed by atoms with Gasteiger partial charge in [-0.3, -0.25) is 4.79 Å². The summed E-state index contributed by atoms with van der Waals surface area (Å²) in [5.74, 6) is -0.705. The van der Waals surface area contributed by atoms with Crippen molar-refractivity contribution in [2.45, 2.75) is 73.8 Å². The van der Waals surface area contributed by atoms with Crippen LogP contribution in [0.2, 0.25) is 0 Å². The lowest BCUT2D eigenvalue weighted by atomic mass is 9.59. The van der Waals surface area contributed by atoms with Gasteiger partial charge in [-0.25, -0.2) is 4.79 Å². The zero-order valence-corrected chi connectivity index (χ0v) is 14.5. The van der Waals surface area contributed by atoms with E-state index in [4.69, 9.17) is 9.47 Å². The van der Waals surface area contributed by atoms with Crippen LogP contribution in [-0.4, -0.2) is 24.6 Å². The molecule has 1 saturated heterocycles. The zero-order chi connectivity index (χ0) is 16.5. The summed E-state index contributed by atoms with van der Waals surface area (Å²) in [7, 11) is 0. The molecule has 1 rings (SSSR count). The van der Waals surface area contributed by atoms with Gasteiger partial charge >= 0.3 is 11.9 Å². The fourth-order valence-electron chi connectivity index (χ4n) is 2.88. The van der Waals surface area contributed by atoms with Gasteiger partial charge < -0.3 is 9.47 Å². The molecule has 4 heteroatoms. The van der Waals surface area contributed by atoms with Crippen molar-refractivity contribution >= 4 is 11.9 Å². The molecule has 0 aromatic carbocycles. The lowest BCUT2D eigenvalue weighted by Crippen LogP contribution is -2.47. The van der Waals surface area contributed by atoms with Crippen molar-refractivity contribution in [2.75, 3.05) is 6.61 Å². The molecule has 0 saturated carbocycles. The minimum atomic E-state index is -0.732. The molecule has 1 heterocycles. The first kappa shape index (κ1) is 18.0. The van der Waals surface area contributed by atoms with E-state index in [0.29, 0.717) is 19.4 Å². The van der Waals surface area contributed by atoms with E-state index in [9.17, 15) is 9.59 Å². The van der Waals surface area contributed by atoms with Crippen LogP contribution in [0.15, 0.2) is 0 Å². The molecule has 2 unspecified atom stereocenters. The van der Waals surface area contributed by atoms with Gasteiger partial charge in [-0.15, -0.1) is 0 Å². The average molecular weight is 298 g/mol. The number of rotatable bonds is 5. The van der Waals surface area contributed by atoms with Gasteiger partial charge in [0.25, 0.3) is 0 Å². The van der Waals surface area contributed by atoms with Crippen molar-refractivity contribution < 1.29 is 19.1 Å². The smallest absolute Gasteiger partial charge is 0.347 e. The Hall–Kier alpha value is -1.06. The fraction of sp³-hybridized carbons (Fsp3) is 0.882. The molecule has 0 aliphatic carbocycles. The average Bonchev–Trinajstić information content (AvgIpc) is 2.72. The van der Waals surface area contributed by atoms with E-state index in [1.807, 2.05) is 6.92 Å². The predicted octanol–water partition coefficient (Wildman–Crippen LogP) is 3.72. The maximum atomic E-state index is 12.8. The third kappa shape index (κ3) is 3.98. The highest BCUT2D eigenvalue weighted by atomic mass is 16.6. The van der Waals surface area contributed by atoms with Gasteiger partial charge in [0.1, 0.15) is 0 Å². The molecule has 0 radical (unpaired) electrons. The lowest BCUT2D eigenvalue weighted by molar-refractivity contribution is -0.176. The minimum absolute atomic E-state index is 0.00358. The van der Waals surface area contributed by atoms with Crippen LogP contribution in [0, 0.1) is 16.2 Å². The number of esters is 2. The molecule has 2 atom stereocenters. The third-order valence-corrected chi connectivity index (χ3v) is 4.85. The largest absolute Gasteiger partial charge is 0.463 e. The molecule has 0 aromatic heterocycles. The summed E-state index contributed by atoms with van der Waals surface area (Å²) >= 11 is 0. The number of hydrogen-bond donors (Lipinski definition) is 0. The Morgan fingerprint density at radius 1 is 1.24 bits per heavy atom. The van der Waals surface area contributed by atoms with Crippen LogP contribution in [0.3, 0.4) is 0 Å².